The molecule has 0 fully saturated rings. The normalized spacial score (nSPS) is 11.8. The number of rotatable bonds is 5. The van der Waals surface area contributed by atoms with Crippen molar-refractivity contribution in [2.75, 3.05) is 6.61 Å². The van der Waals surface area contributed by atoms with Gasteiger partial charge in [-0.15, -0.1) is 0 Å². The number of hydrogen-bond acceptors (Lipinski definition) is 4. The molecule has 1 unspecified atom stereocenters. The first-order valence-electron chi connectivity index (χ1n) is 5.59. The second-order valence-electron chi connectivity index (χ2n) is 3.74. The number of benzene rings is 1. The fraction of sp³-hybridized carbons (Fsp3) is 0.385. The molecule has 0 radical (unpaired) electrons. The SMILES string of the molecule is CCOC(=O)c1ccc(OC(C)C(C)=O)c(Br)c1. The molecule has 1 rings (SSSR count). The van der Waals surface area contributed by atoms with Gasteiger partial charge in [0, 0.05) is 0 Å². The fourth-order valence-electron chi connectivity index (χ4n) is 1.21. The Morgan fingerprint density at radius 1 is 1.39 bits per heavy atom. The summed E-state index contributed by atoms with van der Waals surface area (Å²) in [7, 11) is 0. The Hall–Kier alpha value is -1.36. The third-order valence-corrected chi connectivity index (χ3v) is 2.94. The summed E-state index contributed by atoms with van der Waals surface area (Å²) in [6.45, 7) is 5.22. The molecule has 1 aromatic carbocycles. The quantitative estimate of drug-likeness (QED) is 0.784. The van der Waals surface area contributed by atoms with Gasteiger partial charge in [0.25, 0.3) is 0 Å². The Morgan fingerprint density at radius 3 is 2.56 bits per heavy atom. The molecule has 0 aromatic heterocycles. The third kappa shape index (κ3) is 3.84. The first-order chi connectivity index (χ1) is 8.45. The number of hydrogen-bond donors (Lipinski definition) is 0. The summed E-state index contributed by atoms with van der Waals surface area (Å²) in [5.41, 5.74) is 0.437. The lowest BCUT2D eigenvalue weighted by atomic mass is 10.2. The maximum atomic E-state index is 11.5. The molecule has 5 heteroatoms. The zero-order valence-corrected chi connectivity index (χ0v) is 12.1. The van der Waals surface area contributed by atoms with E-state index < -0.39 is 6.10 Å². The van der Waals surface area contributed by atoms with Crippen LogP contribution >= 0.6 is 15.9 Å². The third-order valence-electron chi connectivity index (χ3n) is 2.32. The molecule has 0 saturated carbocycles. The summed E-state index contributed by atoms with van der Waals surface area (Å²) in [6, 6.07) is 4.85. The predicted molar refractivity (Wildman–Crippen MR) is 70.9 cm³/mol. The van der Waals surface area contributed by atoms with Crippen LogP contribution in [0.2, 0.25) is 0 Å². The van der Waals surface area contributed by atoms with Crippen LogP contribution in [0, 0.1) is 0 Å². The molecule has 0 amide bonds. The van der Waals surface area contributed by atoms with E-state index in [0.29, 0.717) is 22.4 Å². The number of Topliss-reactive ketones (excluding diaryl/α,β-unsaturated/α-hetero) is 1. The van der Waals surface area contributed by atoms with E-state index >= 15 is 0 Å². The minimum absolute atomic E-state index is 0.0589. The van der Waals surface area contributed by atoms with Crippen molar-refractivity contribution in [1.82, 2.24) is 0 Å². The van der Waals surface area contributed by atoms with Gasteiger partial charge in [-0.05, 0) is 54.9 Å². The van der Waals surface area contributed by atoms with Gasteiger partial charge >= 0.3 is 5.97 Å². The maximum absolute atomic E-state index is 11.5. The van der Waals surface area contributed by atoms with Crippen LogP contribution in [0.3, 0.4) is 0 Å². The largest absolute Gasteiger partial charge is 0.482 e. The van der Waals surface area contributed by atoms with Crippen molar-refractivity contribution in [1.29, 1.82) is 0 Å². The molecule has 98 valence electrons. The van der Waals surface area contributed by atoms with Gasteiger partial charge in [0.15, 0.2) is 11.9 Å². The predicted octanol–water partition coefficient (Wildman–Crippen LogP) is 2.98. The number of ether oxygens (including phenoxy) is 2. The summed E-state index contributed by atoms with van der Waals surface area (Å²) < 4.78 is 11.0. The summed E-state index contributed by atoms with van der Waals surface area (Å²) in [4.78, 5) is 22.6. The van der Waals surface area contributed by atoms with Crippen molar-refractivity contribution in [2.45, 2.75) is 26.9 Å². The minimum Gasteiger partial charge on any atom is -0.482 e. The van der Waals surface area contributed by atoms with Crippen LogP contribution < -0.4 is 4.74 Å². The van der Waals surface area contributed by atoms with E-state index in [0.717, 1.165) is 0 Å². The molecule has 0 aliphatic rings. The Balaban J connectivity index is 2.86. The van der Waals surface area contributed by atoms with Crippen LogP contribution in [0.1, 0.15) is 31.1 Å². The van der Waals surface area contributed by atoms with Crippen LogP contribution in [0.5, 0.6) is 5.75 Å². The van der Waals surface area contributed by atoms with Gasteiger partial charge in [0.05, 0.1) is 16.6 Å². The summed E-state index contributed by atoms with van der Waals surface area (Å²) in [5.74, 6) is 0.0754. The summed E-state index contributed by atoms with van der Waals surface area (Å²) in [5, 5.41) is 0. The minimum atomic E-state index is -0.519. The van der Waals surface area contributed by atoms with Crippen molar-refractivity contribution < 1.29 is 19.1 Å². The average Bonchev–Trinajstić information content (AvgIpc) is 2.31. The Kier molecular flexibility index (Phi) is 5.34. The Morgan fingerprint density at radius 2 is 2.06 bits per heavy atom. The smallest absolute Gasteiger partial charge is 0.338 e. The van der Waals surface area contributed by atoms with Crippen molar-refractivity contribution in [3.63, 3.8) is 0 Å². The molecular weight excluding hydrogens is 300 g/mol. The molecule has 0 bridgehead atoms. The van der Waals surface area contributed by atoms with E-state index in [-0.39, 0.29) is 11.8 Å². The molecule has 0 saturated heterocycles. The maximum Gasteiger partial charge on any atom is 0.338 e. The van der Waals surface area contributed by atoms with Crippen molar-refractivity contribution in [2.24, 2.45) is 0 Å². The lowest BCUT2D eigenvalue weighted by Crippen LogP contribution is -2.20. The van der Waals surface area contributed by atoms with Crippen molar-refractivity contribution >= 4 is 27.7 Å². The van der Waals surface area contributed by atoms with Gasteiger partial charge in [0.2, 0.25) is 0 Å². The van der Waals surface area contributed by atoms with E-state index in [2.05, 4.69) is 15.9 Å². The van der Waals surface area contributed by atoms with E-state index in [1.54, 1.807) is 32.0 Å². The number of halogens is 1. The molecule has 1 aromatic rings. The second-order valence-corrected chi connectivity index (χ2v) is 4.59. The zero-order chi connectivity index (χ0) is 13.7. The van der Waals surface area contributed by atoms with Crippen molar-refractivity contribution in [3.05, 3.63) is 28.2 Å². The summed E-state index contributed by atoms with van der Waals surface area (Å²) in [6.07, 6.45) is -0.519. The molecule has 0 heterocycles. The Bertz CT molecular complexity index is 456. The van der Waals surface area contributed by atoms with E-state index in [4.69, 9.17) is 9.47 Å². The highest BCUT2D eigenvalue weighted by atomic mass is 79.9. The average molecular weight is 315 g/mol. The number of ketones is 1. The highest BCUT2D eigenvalue weighted by molar-refractivity contribution is 9.10. The van der Waals surface area contributed by atoms with Crippen LogP contribution in [0.15, 0.2) is 22.7 Å². The standard InChI is InChI=1S/C13H15BrO4/c1-4-17-13(16)10-5-6-12(11(14)7-10)18-9(3)8(2)15/h5-7,9H,4H2,1-3H3. The monoisotopic (exact) mass is 314 g/mol. The topological polar surface area (TPSA) is 52.6 Å². The molecule has 0 spiro atoms. The lowest BCUT2D eigenvalue weighted by molar-refractivity contribution is -0.122. The highest BCUT2D eigenvalue weighted by Gasteiger charge is 2.14. The van der Waals surface area contributed by atoms with Crippen LogP contribution in [-0.2, 0) is 9.53 Å². The first kappa shape index (κ1) is 14.7. The molecule has 0 aliphatic carbocycles. The summed E-state index contributed by atoms with van der Waals surface area (Å²) >= 11 is 3.30. The van der Waals surface area contributed by atoms with E-state index in [1.165, 1.54) is 6.92 Å². The van der Waals surface area contributed by atoms with Crippen LogP contribution in [0.25, 0.3) is 0 Å². The van der Waals surface area contributed by atoms with Crippen LogP contribution in [0.4, 0.5) is 0 Å². The molecule has 4 nitrogen and oxygen atoms in total. The number of carbonyl (C=O) groups is 2. The Labute approximate surface area is 114 Å². The highest BCUT2D eigenvalue weighted by Crippen LogP contribution is 2.27. The molecule has 0 N–H and O–H groups in total. The van der Waals surface area contributed by atoms with Crippen molar-refractivity contribution in [3.8, 4) is 5.75 Å². The number of carbonyl (C=O) groups excluding carboxylic acids is 2. The molecular formula is C13H15BrO4. The second kappa shape index (κ2) is 6.54. The number of esters is 1. The van der Waals surface area contributed by atoms with Gasteiger partial charge in [-0.25, -0.2) is 4.79 Å². The molecule has 1 atom stereocenters. The lowest BCUT2D eigenvalue weighted by Gasteiger charge is -2.13. The fourth-order valence-corrected chi connectivity index (χ4v) is 1.68. The van der Waals surface area contributed by atoms with Gasteiger partial charge in [-0.1, -0.05) is 0 Å². The zero-order valence-electron chi connectivity index (χ0n) is 10.5. The molecule has 0 aliphatic heterocycles. The van der Waals surface area contributed by atoms with Gasteiger partial charge in [-0.3, -0.25) is 4.79 Å². The molecule has 18 heavy (non-hydrogen) atoms. The van der Waals surface area contributed by atoms with Gasteiger partial charge < -0.3 is 9.47 Å². The first-order valence-corrected chi connectivity index (χ1v) is 6.38. The van der Waals surface area contributed by atoms with E-state index in [9.17, 15) is 9.59 Å². The van der Waals surface area contributed by atoms with E-state index in [1.807, 2.05) is 0 Å². The van der Waals surface area contributed by atoms with Gasteiger partial charge in [-0.2, -0.15) is 0 Å². The van der Waals surface area contributed by atoms with Crippen LogP contribution in [-0.4, -0.2) is 24.5 Å². The van der Waals surface area contributed by atoms with Gasteiger partial charge in [0.1, 0.15) is 5.75 Å².